The maximum atomic E-state index is 2.61. The first-order chi connectivity index (χ1) is 29.5. The molecule has 0 aliphatic heterocycles. The number of hydrogen-bond donors (Lipinski definition) is 0. The van der Waals surface area contributed by atoms with Crippen molar-refractivity contribution in [1.29, 1.82) is 0 Å². The van der Waals surface area contributed by atoms with E-state index in [1.54, 1.807) is 11.1 Å². The van der Waals surface area contributed by atoms with Crippen LogP contribution in [0.1, 0.15) is 61.8 Å². The Hall–Kier alpha value is -6.18. The van der Waals surface area contributed by atoms with Gasteiger partial charge in [-0.05, 0) is 163 Å². The molecule has 288 valence electrons. The van der Waals surface area contributed by atoms with Crippen molar-refractivity contribution < 1.29 is 0 Å². The Balaban J connectivity index is 1.01. The summed E-state index contributed by atoms with van der Waals surface area (Å²) in [4.78, 5) is 2.58. The zero-order chi connectivity index (χ0) is 39.5. The lowest BCUT2D eigenvalue weighted by molar-refractivity contribution is -0.231. The van der Waals surface area contributed by atoms with Gasteiger partial charge in [-0.3, -0.25) is 0 Å². The topological polar surface area (TPSA) is 3.24 Å². The molecule has 2 spiro atoms. The molecule has 0 aromatic heterocycles. The molecule has 2 bridgehead atoms. The molecule has 1 heteroatoms. The molecule has 0 radical (unpaired) electrons. The van der Waals surface area contributed by atoms with Gasteiger partial charge in [0.05, 0.1) is 5.69 Å². The quantitative estimate of drug-likeness (QED) is 0.169. The first-order valence-electron chi connectivity index (χ1n) is 22.4. The van der Waals surface area contributed by atoms with Crippen LogP contribution in [-0.2, 0) is 10.8 Å². The van der Waals surface area contributed by atoms with Crippen LogP contribution >= 0.6 is 0 Å². The van der Waals surface area contributed by atoms with Crippen molar-refractivity contribution in [3.05, 3.63) is 198 Å². The maximum Gasteiger partial charge on any atom is 0.0540 e. The Morgan fingerprint density at radius 2 is 1.15 bits per heavy atom. The van der Waals surface area contributed by atoms with E-state index in [0.717, 1.165) is 23.7 Å². The van der Waals surface area contributed by atoms with Gasteiger partial charge < -0.3 is 4.90 Å². The summed E-state index contributed by atoms with van der Waals surface area (Å²) in [5, 5.41) is 2.53. The summed E-state index contributed by atoms with van der Waals surface area (Å²) in [5.41, 5.74) is 21.0. The summed E-state index contributed by atoms with van der Waals surface area (Å²) in [7, 11) is 0. The van der Waals surface area contributed by atoms with Crippen LogP contribution in [0, 0.1) is 29.1 Å². The molecule has 8 aromatic carbocycles. The SMILES string of the molecule is CC1(C)c2ccccc2-c2ccc(N(c3ccc4c(c3)-c3c(-c5ccccc5)cccc3C43C4CC5CC6CC3C64C5)c3ccccc3-c3ccc4ccccc4c3)cc21. The molecule has 6 atom stereocenters. The monoisotopic (exact) mass is 769 g/mol. The van der Waals surface area contributed by atoms with Gasteiger partial charge in [0.1, 0.15) is 0 Å². The molecule has 4 fully saturated rings. The number of para-hydroxylation sites is 1. The van der Waals surface area contributed by atoms with Gasteiger partial charge in [-0.15, -0.1) is 0 Å². The molecule has 0 amide bonds. The number of hydrogen-bond acceptors (Lipinski definition) is 1. The van der Waals surface area contributed by atoms with E-state index in [4.69, 9.17) is 0 Å². The van der Waals surface area contributed by atoms with Crippen LogP contribution in [0.3, 0.4) is 0 Å². The number of anilines is 3. The highest BCUT2D eigenvalue weighted by Crippen LogP contribution is 2.89. The van der Waals surface area contributed by atoms with Crippen molar-refractivity contribution in [3.63, 3.8) is 0 Å². The third-order valence-electron chi connectivity index (χ3n) is 17.1. The summed E-state index contributed by atoms with van der Waals surface area (Å²) in [5.74, 6) is 3.40. The fourth-order valence-corrected chi connectivity index (χ4v) is 14.9. The molecule has 60 heavy (non-hydrogen) atoms. The van der Waals surface area contributed by atoms with Crippen LogP contribution in [-0.4, -0.2) is 0 Å². The highest BCUT2D eigenvalue weighted by atomic mass is 15.1. The van der Waals surface area contributed by atoms with Crippen molar-refractivity contribution >= 4 is 27.8 Å². The third kappa shape index (κ3) is 4.00. The Kier molecular flexibility index (Phi) is 6.47. The molecule has 0 heterocycles. The van der Waals surface area contributed by atoms with Crippen LogP contribution < -0.4 is 4.90 Å². The highest BCUT2D eigenvalue weighted by Gasteiger charge is 2.84. The van der Waals surface area contributed by atoms with Crippen molar-refractivity contribution in [2.75, 3.05) is 4.90 Å². The van der Waals surface area contributed by atoms with E-state index in [1.165, 1.54) is 109 Å². The number of benzene rings is 8. The summed E-state index contributed by atoms with van der Waals surface area (Å²) in [6, 6.07) is 67.3. The van der Waals surface area contributed by atoms with Gasteiger partial charge in [-0.1, -0.05) is 153 Å². The summed E-state index contributed by atoms with van der Waals surface area (Å²) < 4.78 is 0. The normalized spacial score (nSPS) is 26.2. The molecule has 6 aliphatic rings. The molecule has 0 saturated heterocycles. The van der Waals surface area contributed by atoms with Crippen molar-refractivity contribution in [2.45, 2.75) is 50.4 Å². The van der Waals surface area contributed by atoms with Crippen LogP contribution in [0.15, 0.2) is 176 Å². The average molecular weight is 770 g/mol. The first kappa shape index (κ1) is 33.6. The first-order valence-corrected chi connectivity index (χ1v) is 22.4. The lowest BCUT2D eigenvalue weighted by atomic mass is 9.27. The smallest absolute Gasteiger partial charge is 0.0540 e. The van der Waals surface area contributed by atoms with Crippen LogP contribution in [0.5, 0.6) is 0 Å². The Morgan fingerprint density at radius 3 is 2.03 bits per heavy atom. The van der Waals surface area contributed by atoms with Gasteiger partial charge in [0.15, 0.2) is 0 Å². The fraction of sp³-hybridized carbons (Fsp3) is 0.220. The number of fused-ring (bicyclic) bond motifs is 12. The van der Waals surface area contributed by atoms with E-state index in [9.17, 15) is 0 Å². The van der Waals surface area contributed by atoms with E-state index >= 15 is 0 Å². The second-order valence-corrected chi connectivity index (χ2v) is 19.7. The van der Waals surface area contributed by atoms with Crippen molar-refractivity contribution in [3.8, 4) is 44.5 Å². The van der Waals surface area contributed by atoms with E-state index in [2.05, 4.69) is 195 Å². The molecule has 0 N–H and O–H groups in total. The minimum Gasteiger partial charge on any atom is -0.310 e. The zero-order valence-corrected chi connectivity index (χ0v) is 34.3. The summed E-state index contributed by atoms with van der Waals surface area (Å²) in [6.07, 6.45) is 5.78. The molecular formula is C59H47N. The molecule has 14 rings (SSSR count). The molecule has 6 aliphatic carbocycles. The Labute approximate surface area is 353 Å². The van der Waals surface area contributed by atoms with Crippen molar-refractivity contribution in [2.24, 2.45) is 29.1 Å². The molecule has 4 saturated carbocycles. The second kappa shape index (κ2) is 11.5. The predicted octanol–water partition coefficient (Wildman–Crippen LogP) is 15.3. The maximum absolute atomic E-state index is 2.61. The largest absolute Gasteiger partial charge is 0.310 e. The van der Waals surface area contributed by atoms with Gasteiger partial charge >= 0.3 is 0 Å². The third-order valence-corrected chi connectivity index (χ3v) is 17.1. The summed E-state index contributed by atoms with van der Waals surface area (Å²) >= 11 is 0. The van der Waals surface area contributed by atoms with Crippen LogP contribution in [0.2, 0.25) is 0 Å². The minimum absolute atomic E-state index is 0.110. The minimum atomic E-state index is -0.110. The van der Waals surface area contributed by atoms with Gasteiger partial charge in [0, 0.05) is 27.8 Å². The molecule has 6 unspecified atom stereocenters. The molecular weight excluding hydrogens is 723 g/mol. The van der Waals surface area contributed by atoms with Gasteiger partial charge in [-0.25, -0.2) is 0 Å². The average Bonchev–Trinajstić information content (AvgIpc) is 3.99. The fourth-order valence-electron chi connectivity index (χ4n) is 14.9. The van der Waals surface area contributed by atoms with Crippen molar-refractivity contribution in [1.82, 2.24) is 0 Å². The van der Waals surface area contributed by atoms with Gasteiger partial charge in [0.25, 0.3) is 0 Å². The van der Waals surface area contributed by atoms with Crippen LogP contribution in [0.25, 0.3) is 55.3 Å². The standard InChI is InChI=1S/C59H47N/c1-57(2)49-20-10-8-18-46(49)47-27-25-43(34-52(47)57)60(53-22-11-9-17-44(53)40-24-23-37-13-6-7-16-39(37)31-40)42-26-28-50-48(33-42)56-45(38-14-4-3-5-15-38)19-12-21-51(56)59(50)54-30-36-29-41-32-55(59)58(41,54)35-36/h3-28,31,33-34,36,41,54-55H,29-30,32,35H2,1-2H3. The van der Waals surface area contributed by atoms with E-state index < -0.39 is 0 Å². The Bertz CT molecular complexity index is 3140. The van der Waals surface area contributed by atoms with E-state index in [1.807, 2.05) is 0 Å². The molecule has 1 nitrogen and oxygen atoms in total. The number of nitrogens with zero attached hydrogens (tertiary/aromatic N) is 1. The zero-order valence-electron chi connectivity index (χ0n) is 34.3. The predicted molar refractivity (Wildman–Crippen MR) is 248 cm³/mol. The summed E-state index contributed by atoms with van der Waals surface area (Å²) in [6.45, 7) is 4.80. The van der Waals surface area contributed by atoms with E-state index in [-0.39, 0.29) is 10.8 Å². The highest BCUT2D eigenvalue weighted by molar-refractivity contribution is 5.98. The molecule has 8 aromatic rings. The van der Waals surface area contributed by atoms with Crippen LogP contribution in [0.4, 0.5) is 17.1 Å². The lowest BCUT2D eigenvalue weighted by Crippen LogP contribution is -2.73. The van der Waals surface area contributed by atoms with Gasteiger partial charge in [-0.2, -0.15) is 0 Å². The second-order valence-electron chi connectivity index (χ2n) is 19.7. The Morgan fingerprint density at radius 1 is 0.450 bits per heavy atom. The number of rotatable bonds is 5. The van der Waals surface area contributed by atoms with Gasteiger partial charge in [0.2, 0.25) is 0 Å². The lowest BCUT2D eigenvalue weighted by Gasteiger charge is -2.76. The van der Waals surface area contributed by atoms with E-state index in [0.29, 0.717) is 5.41 Å².